The van der Waals surface area contributed by atoms with E-state index in [9.17, 15) is 9.59 Å². The number of carbonyl (C=O) groups excluding carboxylic acids is 2. The van der Waals surface area contributed by atoms with Crippen molar-refractivity contribution in [2.45, 2.75) is 37.8 Å². The van der Waals surface area contributed by atoms with Crippen molar-refractivity contribution in [3.05, 3.63) is 59.9 Å². The Morgan fingerprint density at radius 3 is 2.63 bits per heavy atom. The van der Waals surface area contributed by atoms with Crippen LogP contribution >= 0.6 is 0 Å². The van der Waals surface area contributed by atoms with E-state index >= 15 is 0 Å². The smallest absolute Gasteiger partial charge is 0.297 e. The molecular weight excluding hydrogens is 490 g/mol. The van der Waals surface area contributed by atoms with Gasteiger partial charge in [0.1, 0.15) is 18.4 Å². The molecule has 12 heteroatoms. The van der Waals surface area contributed by atoms with Gasteiger partial charge in [0.25, 0.3) is 17.8 Å². The highest BCUT2D eigenvalue weighted by Gasteiger charge is 2.26. The van der Waals surface area contributed by atoms with E-state index in [4.69, 9.17) is 19.2 Å². The van der Waals surface area contributed by atoms with E-state index in [2.05, 4.69) is 25.6 Å². The number of hydrogen-bond donors (Lipinski definition) is 2. The standard InChI is InChI=1S/C26H27N7O5/c27-13-17-1-2-23(29-14-17)38-19-4-9-33(10-5-19)26-32-22(16-37-26)25(35)31-21-3-8-28-15-20(21)24(34)30-18-6-11-36-12-7-18/h1-3,8,14-16,18-19H,4-7,9-12H2,(H,30,34)(H,28,31,35). The summed E-state index contributed by atoms with van der Waals surface area (Å²) < 4.78 is 16.8. The molecule has 0 unspecified atom stereocenters. The average Bonchev–Trinajstić information content (AvgIpc) is 3.45. The number of hydrogen-bond acceptors (Lipinski definition) is 10. The van der Waals surface area contributed by atoms with Gasteiger partial charge in [0, 0.05) is 69.8 Å². The van der Waals surface area contributed by atoms with Crippen LogP contribution < -0.4 is 20.3 Å². The third-order valence-electron chi connectivity index (χ3n) is 6.46. The van der Waals surface area contributed by atoms with Crippen molar-refractivity contribution in [1.82, 2.24) is 20.3 Å². The highest BCUT2D eigenvalue weighted by Crippen LogP contribution is 2.23. The molecule has 38 heavy (non-hydrogen) atoms. The molecule has 0 atom stereocenters. The van der Waals surface area contributed by atoms with Crippen molar-refractivity contribution in [3.8, 4) is 11.9 Å². The largest absolute Gasteiger partial charge is 0.474 e. The minimum atomic E-state index is -0.489. The summed E-state index contributed by atoms with van der Waals surface area (Å²) in [5, 5.41) is 14.6. The molecule has 0 bridgehead atoms. The second-order valence-electron chi connectivity index (χ2n) is 9.05. The predicted molar refractivity (Wildman–Crippen MR) is 135 cm³/mol. The molecule has 12 nitrogen and oxygen atoms in total. The van der Waals surface area contributed by atoms with Gasteiger partial charge in [-0.15, -0.1) is 0 Å². The lowest BCUT2D eigenvalue weighted by Gasteiger charge is -2.30. The Balaban J connectivity index is 1.16. The van der Waals surface area contributed by atoms with Gasteiger partial charge in [-0.1, -0.05) is 0 Å². The number of nitrogens with one attached hydrogen (secondary N) is 2. The SMILES string of the molecule is N#Cc1ccc(OC2CCN(c3nc(C(=O)Nc4ccncc4C(=O)NC4CCOCC4)co3)CC2)nc1. The van der Waals surface area contributed by atoms with Crippen LogP contribution in [0.3, 0.4) is 0 Å². The van der Waals surface area contributed by atoms with Gasteiger partial charge in [0.05, 0.1) is 16.8 Å². The lowest BCUT2D eigenvalue weighted by molar-refractivity contribution is 0.0696. The zero-order valence-corrected chi connectivity index (χ0v) is 20.6. The lowest BCUT2D eigenvalue weighted by Crippen LogP contribution is -2.39. The minimum absolute atomic E-state index is 0.0213. The summed E-state index contributed by atoms with van der Waals surface area (Å²) in [6, 6.07) is 7.33. The van der Waals surface area contributed by atoms with Crippen LogP contribution in [-0.2, 0) is 4.74 Å². The lowest BCUT2D eigenvalue weighted by atomic mass is 10.1. The van der Waals surface area contributed by atoms with Crippen LogP contribution in [0.15, 0.2) is 47.5 Å². The van der Waals surface area contributed by atoms with Crippen molar-refractivity contribution in [3.63, 3.8) is 0 Å². The number of ether oxygens (including phenoxy) is 2. The summed E-state index contributed by atoms with van der Waals surface area (Å²) in [5.41, 5.74) is 1.20. The molecule has 2 N–H and O–H groups in total. The molecule has 5 heterocycles. The molecular formula is C26H27N7O5. The number of amides is 2. The van der Waals surface area contributed by atoms with E-state index in [1.165, 1.54) is 24.9 Å². The first-order valence-electron chi connectivity index (χ1n) is 12.5. The first kappa shape index (κ1) is 25.2. The van der Waals surface area contributed by atoms with E-state index in [-0.39, 0.29) is 29.3 Å². The van der Waals surface area contributed by atoms with Crippen LogP contribution in [0.2, 0.25) is 0 Å². The number of nitriles is 1. The molecule has 2 saturated heterocycles. The van der Waals surface area contributed by atoms with Crippen LogP contribution in [-0.4, -0.2) is 65.2 Å². The summed E-state index contributed by atoms with van der Waals surface area (Å²) in [5.74, 6) is -0.312. The second kappa shape index (κ2) is 11.7. The Hall–Kier alpha value is -4.50. The van der Waals surface area contributed by atoms with Crippen LogP contribution in [0, 0.1) is 11.3 Å². The van der Waals surface area contributed by atoms with Gasteiger partial charge in [0.2, 0.25) is 5.88 Å². The molecule has 2 aliphatic rings. The van der Waals surface area contributed by atoms with Gasteiger partial charge in [-0.25, -0.2) is 4.98 Å². The molecule has 0 radical (unpaired) electrons. The Morgan fingerprint density at radius 1 is 1.08 bits per heavy atom. The van der Waals surface area contributed by atoms with Gasteiger partial charge in [-0.05, 0) is 25.0 Å². The summed E-state index contributed by atoms with van der Waals surface area (Å²) in [6.45, 7) is 2.47. The molecule has 2 aliphatic heterocycles. The number of oxazole rings is 1. The second-order valence-corrected chi connectivity index (χ2v) is 9.05. The number of carbonyl (C=O) groups is 2. The van der Waals surface area contributed by atoms with Crippen LogP contribution in [0.25, 0.3) is 0 Å². The monoisotopic (exact) mass is 517 g/mol. The number of nitrogens with zero attached hydrogens (tertiary/aromatic N) is 5. The van der Waals surface area contributed by atoms with E-state index in [0.717, 1.165) is 12.8 Å². The van der Waals surface area contributed by atoms with Crippen molar-refractivity contribution in [1.29, 1.82) is 5.26 Å². The maximum absolute atomic E-state index is 12.9. The maximum Gasteiger partial charge on any atom is 0.297 e. The fourth-order valence-corrected chi connectivity index (χ4v) is 4.34. The fourth-order valence-electron chi connectivity index (χ4n) is 4.34. The molecule has 196 valence electrons. The third kappa shape index (κ3) is 6.07. The van der Waals surface area contributed by atoms with E-state index in [1.54, 1.807) is 18.2 Å². The molecule has 3 aromatic heterocycles. The predicted octanol–water partition coefficient (Wildman–Crippen LogP) is 2.55. The molecule has 0 saturated carbocycles. The van der Waals surface area contributed by atoms with E-state index in [0.29, 0.717) is 62.3 Å². The van der Waals surface area contributed by atoms with Gasteiger partial charge >= 0.3 is 0 Å². The molecule has 0 aliphatic carbocycles. The van der Waals surface area contributed by atoms with Gasteiger partial charge < -0.3 is 29.4 Å². The first-order chi connectivity index (χ1) is 18.6. The number of pyridine rings is 2. The maximum atomic E-state index is 12.9. The van der Waals surface area contributed by atoms with Gasteiger partial charge in [-0.2, -0.15) is 10.2 Å². The van der Waals surface area contributed by atoms with E-state index < -0.39 is 5.91 Å². The first-order valence-corrected chi connectivity index (χ1v) is 12.5. The molecule has 5 rings (SSSR count). The van der Waals surface area contributed by atoms with Crippen molar-refractivity contribution in [2.75, 3.05) is 36.5 Å². The highest BCUT2D eigenvalue weighted by molar-refractivity contribution is 6.08. The topological polar surface area (TPSA) is 156 Å². The third-order valence-corrected chi connectivity index (χ3v) is 6.46. The number of anilines is 2. The number of aromatic nitrogens is 3. The van der Waals surface area contributed by atoms with Crippen molar-refractivity contribution in [2.24, 2.45) is 0 Å². The molecule has 2 amide bonds. The molecule has 3 aromatic rings. The minimum Gasteiger partial charge on any atom is -0.474 e. The van der Waals surface area contributed by atoms with Crippen molar-refractivity contribution >= 4 is 23.5 Å². The number of piperidine rings is 1. The fraction of sp³-hybridized carbons (Fsp3) is 0.385. The zero-order valence-electron chi connectivity index (χ0n) is 20.6. The Labute approximate surface area is 219 Å². The highest BCUT2D eigenvalue weighted by atomic mass is 16.5. The summed E-state index contributed by atoms with van der Waals surface area (Å²) in [4.78, 5) is 40.2. The molecule has 0 aromatic carbocycles. The molecule has 0 spiro atoms. The van der Waals surface area contributed by atoms with E-state index in [1.807, 2.05) is 11.0 Å². The Bertz CT molecular complexity index is 1310. The number of rotatable bonds is 7. The van der Waals surface area contributed by atoms with Gasteiger partial charge in [0.15, 0.2) is 5.69 Å². The zero-order chi connectivity index (χ0) is 26.3. The Morgan fingerprint density at radius 2 is 1.89 bits per heavy atom. The van der Waals surface area contributed by atoms with Gasteiger partial charge in [-0.3, -0.25) is 14.6 Å². The Kier molecular flexibility index (Phi) is 7.75. The quantitative estimate of drug-likeness (QED) is 0.477. The van der Waals surface area contributed by atoms with Crippen molar-refractivity contribution < 1.29 is 23.5 Å². The summed E-state index contributed by atoms with van der Waals surface area (Å²) in [7, 11) is 0. The normalized spacial score (nSPS) is 16.4. The van der Waals surface area contributed by atoms with Crippen LogP contribution in [0.5, 0.6) is 5.88 Å². The molecule has 2 fully saturated rings. The van der Waals surface area contributed by atoms with Crippen LogP contribution in [0.4, 0.5) is 11.7 Å². The van der Waals surface area contributed by atoms with Crippen LogP contribution in [0.1, 0.15) is 52.1 Å². The summed E-state index contributed by atoms with van der Waals surface area (Å²) in [6.07, 6.45) is 8.61. The summed E-state index contributed by atoms with van der Waals surface area (Å²) >= 11 is 0. The average molecular weight is 518 g/mol.